The molecule has 4 rings (SSSR count). The third-order valence-electron chi connectivity index (χ3n) is 6.14. The van der Waals surface area contributed by atoms with Crippen LogP contribution in [0.15, 0.2) is 30.5 Å². The van der Waals surface area contributed by atoms with Gasteiger partial charge in [0.1, 0.15) is 12.2 Å². The molecule has 1 saturated heterocycles. The van der Waals surface area contributed by atoms with Gasteiger partial charge in [0.15, 0.2) is 0 Å². The molecule has 3 atom stereocenters. The van der Waals surface area contributed by atoms with Crippen molar-refractivity contribution in [1.29, 1.82) is 5.26 Å². The van der Waals surface area contributed by atoms with E-state index in [0.717, 1.165) is 55.7 Å². The number of aromatic amines is 1. The lowest BCUT2D eigenvalue weighted by atomic mass is 9.79. The van der Waals surface area contributed by atoms with Gasteiger partial charge in [-0.1, -0.05) is 6.07 Å². The van der Waals surface area contributed by atoms with Crippen molar-refractivity contribution in [3.8, 4) is 11.9 Å². The molecule has 2 aromatic heterocycles. The predicted octanol–water partition coefficient (Wildman–Crippen LogP) is 3.18. The molecule has 0 amide bonds. The van der Waals surface area contributed by atoms with Gasteiger partial charge in [-0.15, -0.1) is 0 Å². The van der Waals surface area contributed by atoms with Crippen LogP contribution in [0.5, 0.6) is 5.88 Å². The van der Waals surface area contributed by atoms with Crippen molar-refractivity contribution in [2.45, 2.75) is 56.9 Å². The lowest BCUT2D eigenvalue weighted by molar-refractivity contribution is -0.0844. The lowest BCUT2D eigenvalue weighted by Crippen LogP contribution is -2.52. The molecule has 2 aromatic rings. The number of ether oxygens (including phenoxy) is 2. The van der Waals surface area contributed by atoms with E-state index >= 15 is 0 Å². The first-order valence-corrected chi connectivity index (χ1v) is 9.59. The number of likely N-dealkylation sites (tertiary alicyclic amines) is 1. The molecule has 1 aliphatic carbocycles. The zero-order valence-corrected chi connectivity index (χ0v) is 15.9. The zero-order valence-electron chi connectivity index (χ0n) is 15.9. The Bertz CT molecular complexity index is 828. The third-order valence-corrected chi connectivity index (χ3v) is 6.14. The Hall–Kier alpha value is -2.36. The van der Waals surface area contributed by atoms with Crippen molar-refractivity contribution in [1.82, 2.24) is 14.9 Å². The minimum Gasteiger partial charge on any atom is -0.474 e. The van der Waals surface area contributed by atoms with Gasteiger partial charge in [0.2, 0.25) is 5.88 Å². The largest absolute Gasteiger partial charge is 0.474 e. The van der Waals surface area contributed by atoms with Crippen LogP contribution in [0.25, 0.3) is 0 Å². The molecule has 1 saturated carbocycles. The third kappa shape index (κ3) is 3.45. The quantitative estimate of drug-likeness (QED) is 0.880. The van der Waals surface area contributed by atoms with Crippen molar-refractivity contribution in [3.63, 3.8) is 0 Å². The maximum Gasteiger partial charge on any atom is 0.213 e. The molecule has 6 nitrogen and oxygen atoms in total. The van der Waals surface area contributed by atoms with Crippen LogP contribution < -0.4 is 4.74 Å². The fraction of sp³-hybridized carbons (Fsp3) is 0.524. The molecular formula is C21H26N4O2. The van der Waals surface area contributed by atoms with E-state index in [1.165, 1.54) is 0 Å². The Labute approximate surface area is 160 Å². The molecule has 0 spiro atoms. The van der Waals surface area contributed by atoms with Gasteiger partial charge in [0, 0.05) is 56.3 Å². The molecule has 27 heavy (non-hydrogen) atoms. The van der Waals surface area contributed by atoms with Crippen molar-refractivity contribution in [3.05, 3.63) is 47.4 Å². The second-order valence-corrected chi connectivity index (χ2v) is 7.63. The summed E-state index contributed by atoms with van der Waals surface area (Å²) in [6, 6.07) is 10.3. The average molecular weight is 366 g/mol. The summed E-state index contributed by atoms with van der Waals surface area (Å²) in [7, 11) is 1.84. The smallest absolute Gasteiger partial charge is 0.213 e. The van der Waals surface area contributed by atoms with Crippen molar-refractivity contribution in [2.75, 3.05) is 13.7 Å². The molecule has 142 valence electrons. The zero-order chi connectivity index (χ0) is 18.9. The van der Waals surface area contributed by atoms with Gasteiger partial charge in [0.25, 0.3) is 0 Å². The SMILES string of the molecule is CO[C@@]12CC[C@H](Oc3ccccn3)C[C@@H]1N(Cc1cc(C#N)c(C)[nH]1)CC2. The predicted molar refractivity (Wildman–Crippen MR) is 101 cm³/mol. The highest BCUT2D eigenvalue weighted by molar-refractivity contribution is 5.36. The normalized spacial score (nSPS) is 27.9. The molecule has 2 fully saturated rings. The molecule has 1 aliphatic heterocycles. The summed E-state index contributed by atoms with van der Waals surface area (Å²) < 4.78 is 12.2. The molecule has 6 heteroatoms. The number of nitriles is 1. The van der Waals surface area contributed by atoms with E-state index in [0.29, 0.717) is 11.9 Å². The molecule has 0 unspecified atom stereocenters. The molecule has 1 N–H and O–H groups in total. The lowest BCUT2D eigenvalue weighted by Gasteiger charge is -2.43. The topological polar surface area (TPSA) is 74.2 Å². The van der Waals surface area contributed by atoms with Gasteiger partial charge in [-0.05, 0) is 38.3 Å². The van der Waals surface area contributed by atoms with Crippen LogP contribution in [0, 0.1) is 18.3 Å². The monoisotopic (exact) mass is 366 g/mol. The van der Waals surface area contributed by atoms with E-state index in [1.807, 2.05) is 38.3 Å². The molecular weight excluding hydrogens is 340 g/mol. The molecule has 0 radical (unpaired) electrons. The molecule has 0 aromatic carbocycles. The highest BCUT2D eigenvalue weighted by Crippen LogP contribution is 2.43. The van der Waals surface area contributed by atoms with E-state index in [2.05, 4.69) is 20.9 Å². The fourth-order valence-corrected chi connectivity index (χ4v) is 4.69. The Morgan fingerprint density at radius 3 is 3.00 bits per heavy atom. The number of hydrogen-bond donors (Lipinski definition) is 1. The summed E-state index contributed by atoms with van der Waals surface area (Å²) in [6.45, 7) is 3.74. The Kier molecular flexibility index (Phi) is 4.90. The number of aryl methyl sites for hydroxylation is 1. The van der Waals surface area contributed by atoms with E-state index in [4.69, 9.17) is 9.47 Å². The van der Waals surface area contributed by atoms with Gasteiger partial charge in [-0.25, -0.2) is 4.98 Å². The first-order valence-electron chi connectivity index (χ1n) is 9.59. The van der Waals surface area contributed by atoms with Gasteiger partial charge in [-0.3, -0.25) is 4.90 Å². The highest BCUT2D eigenvalue weighted by atomic mass is 16.5. The summed E-state index contributed by atoms with van der Waals surface area (Å²) >= 11 is 0. The summed E-state index contributed by atoms with van der Waals surface area (Å²) in [6.07, 6.45) is 5.85. The maximum atomic E-state index is 9.21. The number of aromatic nitrogens is 2. The van der Waals surface area contributed by atoms with Crippen LogP contribution >= 0.6 is 0 Å². The number of fused-ring (bicyclic) bond motifs is 1. The Morgan fingerprint density at radius 1 is 1.41 bits per heavy atom. The van der Waals surface area contributed by atoms with Gasteiger partial charge in [-0.2, -0.15) is 5.26 Å². The number of H-pyrrole nitrogens is 1. The molecule has 0 bridgehead atoms. The summed E-state index contributed by atoms with van der Waals surface area (Å²) in [5.74, 6) is 0.690. The number of nitrogens with one attached hydrogen (secondary N) is 1. The van der Waals surface area contributed by atoms with E-state index in [1.54, 1.807) is 6.20 Å². The van der Waals surface area contributed by atoms with Crippen LogP contribution in [0.4, 0.5) is 0 Å². The molecule has 2 aliphatic rings. The highest BCUT2D eigenvalue weighted by Gasteiger charge is 2.51. The summed E-state index contributed by atoms with van der Waals surface area (Å²) in [4.78, 5) is 10.1. The van der Waals surface area contributed by atoms with Gasteiger partial charge < -0.3 is 14.5 Å². The second kappa shape index (κ2) is 7.34. The van der Waals surface area contributed by atoms with Gasteiger partial charge in [0.05, 0.1) is 11.2 Å². The van der Waals surface area contributed by atoms with Crippen molar-refractivity contribution >= 4 is 0 Å². The average Bonchev–Trinajstić information content (AvgIpc) is 3.23. The van der Waals surface area contributed by atoms with E-state index < -0.39 is 0 Å². The van der Waals surface area contributed by atoms with Crippen LogP contribution in [-0.4, -0.2) is 46.3 Å². The minimum atomic E-state index is -0.0936. The van der Waals surface area contributed by atoms with E-state index in [-0.39, 0.29) is 11.7 Å². The standard InChI is InChI=1S/C21H26N4O2/c1-15-16(13-22)11-17(24-15)14-25-10-8-21(26-2)7-6-18(12-19(21)25)27-20-5-3-4-9-23-20/h3-5,9,11,18-19,24H,6-8,10,12,14H2,1-2H3/t18-,19-,21+/m0/s1. The van der Waals surface area contributed by atoms with Crippen LogP contribution in [0.2, 0.25) is 0 Å². The Balaban J connectivity index is 1.49. The van der Waals surface area contributed by atoms with E-state index in [9.17, 15) is 5.26 Å². The number of methoxy groups -OCH3 is 1. The number of hydrogen-bond acceptors (Lipinski definition) is 5. The van der Waals surface area contributed by atoms with Crippen LogP contribution in [0.1, 0.15) is 42.6 Å². The maximum absolute atomic E-state index is 9.21. The second-order valence-electron chi connectivity index (χ2n) is 7.63. The van der Waals surface area contributed by atoms with Crippen LogP contribution in [0.3, 0.4) is 0 Å². The number of rotatable bonds is 5. The first-order chi connectivity index (χ1) is 13.1. The number of nitrogens with zero attached hydrogens (tertiary/aromatic N) is 3. The van der Waals surface area contributed by atoms with Gasteiger partial charge >= 0.3 is 0 Å². The summed E-state index contributed by atoms with van der Waals surface area (Å²) in [5, 5.41) is 9.21. The first kappa shape index (κ1) is 18.0. The van der Waals surface area contributed by atoms with Crippen LogP contribution in [-0.2, 0) is 11.3 Å². The summed E-state index contributed by atoms with van der Waals surface area (Å²) in [5.41, 5.74) is 2.65. The Morgan fingerprint density at radius 2 is 2.30 bits per heavy atom. The minimum absolute atomic E-state index is 0.0936. The van der Waals surface area contributed by atoms with Crippen molar-refractivity contribution in [2.24, 2.45) is 0 Å². The van der Waals surface area contributed by atoms with Crippen molar-refractivity contribution < 1.29 is 9.47 Å². The fourth-order valence-electron chi connectivity index (χ4n) is 4.69. The molecule has 3 heterocycles. The number of pyridine rings is 1.